The molecule has 0 saturated heterocycles. The van der Waals surface area contributed by atoms with Crippen molar-refractivity contribution in [2.45, 2.75) is 51.1 Å². The molecule has 36 heavy (non-hydrogen) atoms. The van der Waals surface area contributed by atoms with E-state index in [1.165, 1.54) is 11.8 Å². The lowest BCUT2D eigenvalue weighted by molar-refractivity contribution is -0.139. The lowest BCUT2D eigenvalue weighted by Crippen LogP contribution is -2.52. The zero-order chi connectivity index (χ0) is 25.9. The molecule has 3 aromatic carbocycles. The molecule has 0 spiro atoms. The maximum absolute atomic E-state index is 13.7. The Hall–Kier alpha value is -2.47. The number of benzene rings is 3. The molecular formula is C29H32Cl2N2O2S. The maximum atomic E-state index is 13.7. The molecule has 0 fully saturated rings. The van der Waals surface area contributed by atoms with Crippen molar-refractivity contribution < 1.29 is 9.59 Å². The molecule has 0 heterocycles. The first kappa shape index (κ1) is 28.1. The lowest BCUT2D eigenvalue weighted by atomic mass is 10.0. The van der Waals surface area contributed by atoms with Crippen LogP contribution in [0.15, 0.2) is 78.9 Å². The highest BCUT2D eigenvalue weighted by molar-refractivity contribution is 7.99. The van der Waals surface area contributed by atoms with Gasteiger partial charge in [-0.15, -0.1) is 11.8 Å². The summed E-state index contributed by atoms with van der Waals surface area (Å²) in [5.41, 5.74) is 2.78. The van der Waals surface area contributed by atoms with Gasteiger partial charge in [-0.25, -0.2) is 0 Å². The van der Waals surface area contributed by atoms with E-state index in [9.17, 15) is 9.59 Å². The number of amides is 2. The Morgan fingerprint density at radius 2 is 1.47 bits per heavy atom. The Morgan fingerprint density at radius 1 is 0.889 bits per heavy atom. The first-order chi connectivity index (χ1) is 17.4. The number of carbonyl (C=O) groups excluding carboxylic acids is 2. The normalized spacial score (nSPS) is 12.6. The van der Waals surface area contributed by atoms with Crippen LogP contribution in [0.5, 0.6) is 0 Å². The van der Waals surface area contributed by atoms with Crippen molar-refractivity contribution in [2.24, 2.45) is 0 Å². The van der Waals surface area contributed by atoms with Gasteiger partial charge in [-0.3, -0.25) is 9.59 Å². The minimum atomic E-state index is -0.640. The molecule has 0 radical (unpaired) electrons. The minimum Gasteiger partial charge on any atom is -0.352 e. The van der Waals surface area contributed by atoms with Crippen LogP contribution in [0.1, 0.15) is 37.0 Å². The molecule has 3 rings (SSSR count). The predicted molar refractivity (Wildman–Crippen MR) is 151 cm³/mol. The van der Waals surface area contributed by atoms with Gasteiger partial charge in [0.1, 0.15) is 6.04 Å². The van der Waals surface area contributed by atoms with Gasteiger partial charge in [0.05, 0.1) is 5.75 Å². The first-order valence-corrected chi connectivity index (χ1v) is 14.0. The van der Waals surface area contributed by atoms with E-state index in [0.717, 1.165) is 23.1 Å². The van der Waals surface area contributed by atoms with Crippen molar-refractivity contribution in [3.05, 3.63) is 106 Å². The molecule has 1 N–H and O–H groups in total. The molecule has 2 atom stereocenters. The van der Waals surface area contributed by atoms with E-state index in [4.69, 9.17) is 23.2 Å². The second-order valence-corrected chi connectivity index (χ2v) is 10.5. The van der Waals surface area contributed by atoms with Crippen LogP contribution < -0.4 is 5.32 Å². The number of hydrogen-bond acceptors (Lipinski definition) is 3. The quantitative estimate of drug-likeness (QED) is 0.274. The third-order valence-electron chi connectivity index (χ3n) is 6.00. The van der Waals surface area contributed by atoms with Gasteiger partial charge >= 0.3 is 0 Å². The molecule has 2 unspecified atom stereocenters. The molecule has 190 valence electrons. The zero-order valence-electron chi connectivity index (χ0n) is 20.6. The number of thioether (sulfide) groups is 1. The largest absolute Gasteiger partial charge is 0.352 e. The summed E-state index contributed by atoms with van der Waals surface area (Å²) in [6.07, 6.45) is 1.24. The Morgan fingerprint density at radius 3 is 2.06 bits per heavy atom. The van der Waals surface area contributed by atoms with E-state index in [2.05, 4.69) is 5.32 Å². The predicted octanol–water partition coefficient (Wildman–Crippen LogP) is 6.78. The zero-order valence-corrected chi connectivity index (χ0v) is 23.0. The van der Waals surface area contributed by atoms with Crippen molar-refractivity contribution in [1.82, 2.24) is 10.2 Å². The van der Waals surface area contributed by atoms with Crippen molar-refractivity contribution in [2.75, 3.05) is 5.75 Å². The fourth-order valence-corrected chi connectivity index (χ4v) is 5.42. The van der Waals surface area contributed by atoms with Crippen LogP contribution in [0.25, 0.3) is 0 Å². The van der Waals surface area contributed by atoms with Gasteiger partial charge < -0.3 is 10.2 Å². The second-order valence-electron chi connectivity index (χ2n) is 8.72. The van der Waals surface area contributed by atoms with Gasteiger partial charge in [-0.2, -0.15) is 0 Å². The highest BCUT2D eigenvalue weighted by Crippen LogP contribution is 2.28. The van der Waals surface area contributed by atoms with Gasteiger partial charge in [-0.1, -0.05) is 96.9 Å². The van der Waals surface area contributed by atoms with Crippen LogP contribution in [-0.2, 0) is 28.3 Å². The van der Waals surface area contributed by atoms with Crippen molar-refractivity contribution in [1.29, 1.82) is 0 Å². The van der Waals surface area contributed by atoms with Crippen LogP contribution in [0, 0.1) is 0 Å². The van der Waals surface area contributed by atoms with Gasteiger partial charge in [0.25, 0.3) is 0 Å². The standard InChI is InChI=1S/C29H32Cl2N2O2S/c1-3-21(2)32-29(35)27(17-22-11-6-4-7-12-22)33(18-23-13-8-5-9-14-23)28(34)20-36-19-24-25(30)15-10-16-26(24)31/h4-16,21,27H,3,17-20H2,1-2H3,(H,32,35). The maximum Gasteiger partial charge on any atom is 0.243 e. The van der Waals surface area contributed by atoms with Crippen LogP contribution in [0.4, 0.5) is 0 Å². The Labute approximate surface area is 228 Å². The summed E-state index contributed by atoms with van der Waals surface area (Å²) in [6, 6.07) is 24.4. The SMILES string of the molecule is CCC(C)NC(=O)C(Cc1ccccc1)N(Cc1ccccc1)C(=O)CSCc1c(Cl)cccc1Cl. The molecule has 7 heteroatoms. The number of hydrogen-bond donors (Lipinski definition) is 1. The number of nitrogens with one attached hydrogen (secondary N) is 1. The summed E-state index contributed by atoms with van der Waals surface area (Å²) in [5, 5.41) is 4.26. The second kappa shape index (κ2) is 14.3. The highest BCUT2D eigenvalue weighted by Gasteiger charge is 2.30. The number of nitrogens with zero attached hydrogens (tertiary/aromatic N) is 1. The summed E-state index contributed by atoms with van der Waals surface area (Å²) >= 11 is 14.1. The lowest BCUT2D eigenvalue weighted by Gasteiger charge is -2.32. The molecule has 0 bridgehead atoms. The summed E-state index contributed by atoms with van der Waals surface area (Å²) in [5.74, 6) is 0.464. The minimum absolute atomic E-state index is 0.0150. The van der Waals surface area contributed by atoms with Crippen molar-refractivity contribution in [3.8, 4) is 0 Å². The van der Waals surface area contributed by atoms with E-state index >= 15 is 0 Å². The Balaban J connectivity index is 1.85. The van der Waals surface area contributed by atoms with Gasteiger partial charge in [0.2, 0.25) is 11.8 Å². The van der Waals surface area contributed by atoms with E-state index in [-0.39, 0.29) is 23.6 Å². The molecule has 3 aromatic rings. The molecule has 4 nitrogen and oxygen atoms in total. The van der Waals surface area contributed by atoms with E-state index < -0.39 is 6.04 Å². The van der Waals surface area contributed by atoms with Gasteiger partial charge in [0.15, 0.2) is 0 Å². The molecule has 0 aliphatic heterocycles. The van der Waals surface area contributed by atoms with Crippen LogP contribution >= 0.6 is 35.0 Å². The average molecular weight is 544 g/mol. The van der Waals surface area contributed by atoms with Crippen LogP contribution in [0.2, 0.25) is 10.0 Å². The number of halogens is 2. The van der Waals surface area contributed by atoms with Crippen LogP contribution in [-0.4, -0.2) is 34.6 Å². The van der Waals surface area contributed by atoms with Gasteiger partial charge in [0, 0.05) is 34.8 Å². The summed E-state index contributed by atoms with van der Waals surface area (Å²) in [7, 11) is 0. The third-order valence-corrected chi connectivity index (χ3v) is 7.65. The topological polar surface area (TPSA) is 49.4 Å². The fourth-order valence-electron chi connectivity index (χ4n) is 3.77. The molecule has 0 aromatic heterocycles. The average Bonchev–Trinajstić information content (AvgIpc) is 2.88. The third kappa shape index (κ3) is 8.29. The first-order valence-electron chi connectivity index (χ1n) is 12.1. The molecule has 0 aliphatic rings. The highest BCUT2D eigenvalue weighted by atomic mass is 35.5. The smallest absolute Gasteiger partial charge is 0.243 e. The van der Waals surface area contributed by atoms with E-state index in [0.29, 0.717) is 28.8 Å². The fraction of sp³-hybridized carbons (Fsp3) is 0.310. The van der Waals surface area contributed by atoms with E-state index in [1.54, 1.807) is 23.1 Å². The molecule has 0 aliphatic carbocycles. The summed E-state index contributed by atoms with van der Waals surface area (Å²) in [4.78, 5) is 28.9. The molecule has 2 amide bonds. The summed E-state index contributed by atoms with van der Waals surface area (Å²) < 4.78 is 0. The van der Waals surface area contributed by atoms with Crippen molar-refractivity contribution >= 4 is 46.8 Å². The summed E-state index contributed by atoms with van der Waals surface area (Å²) in [6.45, 7) is 4.35. The van der Waals surface area contributed by atoms with Crippen molar-refractivity contribution in [3.63, 3.8) is 0 Å². The Kier molecular flexibility index (Phi) is 11.2. The monoisotopic (exact) mass is 542 g/mol. The number of rotatable bonds is 12. The molecule has 0 saturated carbocycles. The van der Waals surface area contributed by atoms with Gasteiger partial charge in [-0.05, 0) is 42.2 Å². The van der Waals surface area contributed by atoms with E-state index in [1.807, 2.05) is 74.5 Å². The Bertz CT molecular complexity index is 1110. The number of carbonyl (C=O) groups is 2. The van der Waals surface area contributed by atoms with Crippen LogP contribution in [0.3, 0.4) is 0 Å². The molecular weight excluding hydrogens is 511 g/mol.